The molecular formula is C25H20Cl2N2O4. The van der Waals surface area contributed by atoms with Gasteiger partial charge in [-0.3, -0.25) is 14.5 Å². The van der Waals surface area contributed by atoms with E-state index in [0.29, 0.717) is 16.6 Å². The van der Waals surface area contributed by atoms with Gasteiger partial charge in [0.2, 0.25) is 5.76 Å². The van der Waals surface area contributed by atoms with Crippen molar-refractivity contribution in [2.45, 2.75) is 39.2 Å². The minimum Gasteiger partial charge on any atom is -0.449 e. The molecule has 0 spiro atoms. The zero-order chi connectivity index (χ0) is 23.7. The molecule has 0 fully saturated rings. The first-order valence-corrected chi connectivity index (χ1v) is 11.1. The quantitative estimate of drug-likeness (QED) is 0.328. The second-order valence-corrected chi connectivity index (χ2v) is 10.0. The van der Waals surface area contributed by atoms with E-state index in [2.05, 4.69) is 25.9 Å². The van der Waals surface area contributed by atoms with Crippen molar-refractivity contribution in [2.24, 2.45) is 0 Å². The predicted molar refractivity (Wildman–Crippen MR) is 128 cm³/mol. The molecule has 0 N–H and O–H groups in total. The molecule has 8 heteroatoms. The summed E-state index contributed by atoms with van der Waals surface area (Å²) in [7, 11) is 0. The first-order valence-electron chi connectivity index (χ1n) is 10.4. The van der Waals surface area contributed by atoms with E-state index < -0.39 is 11.9 Å². The molecule has 2 aromatic heterocycles. The summed E-state index contributed by atoms with van der Waals surface area (Å²) >= 11 is 12.4. The van der Waals surface area contributed by atoms with Crippen LogP contribution in [0.2, 0.25) is 10.0 Å². The average Bonchev–Trinajstić information content (AvgIpc) is 3.29. The van der Waals surface area contributed by atoms with Gasteiger partial charge in [0, 0.05) is 11.1 Å². The standard InChI is InChI=1S/C25H20Cl2N2O4/c1-12-9-18(28-33-12)29-20(13-5-7-14(8-6-13)25(2,3)4)19-21(30)16-10-15(26)11-17(27)22(16)32-23(19)24(29)31/h5-11,20H,1-4H3/t20-/m0/s1. The van der Waals surface area contributed by atoms with Crippen LogP contribution in [0.5, 0.6) is 0 Å². The Hall–Kier alpha value is -3.09. The van der Waals surface area contributed by atoms with E-state index in [0.717, 1.165) is 11.1 Å². The van der Waals surface area contributed by atoms with Crippen LogP contribution in [0.25, 0.3) is 11.0 Å². The largest absolute Gasteiger partial charge is 0.449 e. The van der Waals surface area contributed by atoms with E-state index in [1.54, 1.807) is 13.0 Å². The summed E-state index contributed by atoms with van der Waals surface area (Å²) in [6.45, 7) is 8.09. The van der Waals surface area contributed by atoms with Crippen molar-refractivity contribution in [1.29, 1.82) is 0 Å². The second-order valence-electron chi connectivity index (χ2n) is 9.18. The summed E-state index contributed by atoms with van der Waals surface area (Å²) in [5, 5.41) is 4.71. The fourth-order valence-electron chi connectivity index (χ4n) is 4.19. The van der Waals surface area contributed by atoms with Gasteiger partial charge in [-0.05, 0) is 35.6 Å². The Morgan fingerprint density at radius 3 is 2.33 bits per heavy atom. The molecule has 1 aliphatic heterocycles. The number of amides is 1. The third kappa shape index (κ3) is 3.45. The maximum Gasteiger partial charge on any atom is 0.296 e. The van der Waals surface area contributed by atoms with E-state index in [9.17, 15) is 9.59 Å². The fraction of sp³-hybridized carbons (Fsp3) is 0.240. The Morgan fingerprint density at radius 2 is 1.73 bits per heavy atom. The lowest BCUT2D eigenvalue weighted by atomic mass is 9.86. The number of rotatable bonds is 2. The predicted octanol–water partition coefficient (Wildman–Crippen LogP) is 6.44. The van der Waals surface area contributed by atoms with Crippen LogP contribution in [-0.2, 0) is 5.41 Å². The Bertz CT molecular complexity index is 1480. The highest BCUT2D eigenvalue weighted by Crippen LogP contribution is 2.42. The number of anilines is 1. The number of aryl methyl sites for hydroxylation is 1. The molecule has 2 aromatic carbocycles. The van der Waals surface area contributed by atoms with Crippen LogP contribution in [0, 0.1) is 6.92 Å². The lowest BCUT2D eigenvalue weighted by Gasteiger charge is -2.24. The summed E-state index contributed by atoms with van der Waals surface area (Å²) in [6, 6.07) is 11.7. The number of hydrogen-bond donors (Lipinski definition) is 0. The molecule has 0 unspecified atom stereocenters. The molecule has 33 heavy (non-hydrogen) atoms. The van der Waals surface area contributed by atoms with Gasteiger partial charge in [-0.1, -0.05) is 73.4 Å². The smallest absolute Gasteiger partial charge is 0.296 e. The molecule has 1 aliphatic rings. The first-order chi connectivity index (χ1) is 15.6. The molecule has 0 radical (unpaired) electrons. The van der Waals surface area contributed by atoms with Gasteiger partial charge in [-0.2, -0.15) is 0 Å². The molecule has 168 valence electrons. The molecule has 0 saturated heterocycles. The van der Waals surface area contributed by atoms with Crippen molar-refractivity contribution in [3.8, 4) is 0 Å². The van der Waals surface area contributed by atoms with Crippen LogP contribution in [0.1, 0.15) is 59.8 Å². The maximum absolute atomic E-state index is 13.7. The van der Waals surface area contributed by atoms with E-state index in [1.807, 2.05) is 24.3 Å². The zero-order valence-electron chi connectivity index (χ0n) is 18.4. The first kappa shape index (κ1) is 21.7. The topological polar surface area (TPSA) is 76.6 Å². The molecule has 0 bridgehead atoms. The zero-order valence-corrected chi connectivity index (χ0v) is 19.9. The second kappa shape index (κ2) is 7.47. The number of hydrogen-bond acceptors (Lipinski definition) is 5. The van der Waals surface area contributed by atoms with Crippen molar-refractivity contribution < 1.29 is 13.7 Å². The molecule has 6 nitrogen and oxygen atoms in total. The van der Waals surface area contributed by atoms with Crippen LogP contribution in [0.3, 0.4) is 0 Å². The average molecular weight is 483 g/mol. The van der Waals surface area contributed by atoms with Crippen LogP contribution in [0.4, 0.5) is 5.82 Å². The maximum atomic E-state index is 13.7. The SMILES string of the molecule is Cc1cc(N2C(=O)c3oc4c(Cl)cc(Cl)cc4c(=O)c3[C@@H]2c2ccc(C(C)(C)C)cc2)no1. The van der Waals surface area contributed by atoms with E-state index >= 15 is 0 Å². The van der Waals surface area contributed by atoms with Crippen molar-refractivity contribution in [1.82, 2.24) is 5.16 Å². The molecular weight excluding hydrogens is 463 g/mol. The lowest BCUT2D eigenvalue weighted by Crippen LogP contribution is -2.29. The summed E-state index contributed by atoms with van der Waals surface area (Å²) in [6.07, 6.45) is 0. The Morgan fingerprint density at radius 1 is 1.03 bits per heavy atom. The Kier molecular flexibility index (Phi) is 4.92. The number of carbonyl (C=O) groups excluding carboxylic acids is 1. The van der Waals surface area contributed by atoms with Crippen molar-refractivity contribution >= 4 is 45.9 Å². The van der Waals surface area contributed by atoms with Gasteiger partial charge in [-0.15, -0.1) is 0 Å². The van der Waals surface area contributed by atoms with Gasteiger partial charge in [0.25, 0.3) is 5.91 Å². The molecule has 1 amide bonds. The Labute approximate surface area is 199 Å². The van der Waals surface area contributed by atoms with Gasteiger partial charge >= 0.3 is 0 Å². The van der Waals surface area contributed by atoms with Crippen LogP contribution >= 0.6 is 23.2 Å². The monoisotopic (exact) mass is 482 g/mol. The molecule has 3 heterocycles. The number of fused-ring (bicyclic) bond motifs is 2. The number of nitrogens with zero attached hydrogens (tertiary/aromatic N) is 2. The van der Waals surface area contributed by atoms with Crippen LogP contribution in [0.15, 0.2) is 56.2 Å². The number of benzene rings is 2. The summed E-state index contributed by atoms with van der Waals surface area (Å²) in [5.74, 6) is 0.270. The van der Waals surface area contributed by atoms with E-state index in [4.69, 9.17) is 32.1 Å². The normalized spacial score (nSPS) is 16.0. The van der Waals surface area contributed by atoms with Gasteiger partial charge < -0.3 is 8.94 Å². The molecule has 0 saturated carbocycles. The van der Waals surface area contributed by atoms with E-state index in [-0.39, 0.29) is 38.2 Å². The highest BCUT2D eigenvalue weighted by Gasteiger charge is 2.45. The lowest BCUT2D eigenvalue weighted by molar-refractivity contribution is 0.0969. The Balaban J connectivity index is 1.79. The summed E-state index contributed by atoms with van der Waals surface area (Å²) < 4.78 is 11.2. The van der Waals surface area contributed by atoms with Gasteiger partial charge in [0.15, 0.2) is 16.8 Å². The van der Waals surface area contributed by atoms with E-state index in [1.165, 1.54) is 17.0 Å². The van der Waals surface area contributed by atoms with Crippen molar-refractivity contribution in [3.05, 3.63) is 90.9 Å². The summed E-state index contributed by atoms with van der Waals surface area (Å²) in [5.41, 5.74) is 1.80. The molecule has 4 aromatic rings. The number of aromatic nitrogens is 1. The van der Waals surface area contributed by atoms with Crippen LogP contribution in [-0.4, -0.2) is 11.1 Å². The van der Waals surface area contributed by atoms with Gasteiger partial charge in [0.1, 0.15) is 5.76 Å². The molecule has 0 aliphatic carbocycles. The van der Waals surface area contributed by atoms with Crippen molar-refractivity contribution in [2.75, 3.05) is 4.90 Å². The third-order valence-corrected chi connectivity index (χ3v) is 6.34. The summed E-state index contributed by atoms with van der Waals surface area (Å²) in [4.78, 5) is 28.6. The fourth-order valence-corrected chi connectivity index (χ4v) is 4.72. The number of carbonyl (C=O) groups is 1. The van der Waals surface area contributed by atoms with Gasteiger partial charge in [0.05, 0.1) is 22.0 Å². The highest BCUT2D eigenvalue weighted by atomic mass is 35.5. The molecule has 1 atom stereocenters. The highest BCUT2D eigenvalue weighted by molar-refractivity contribution is 6.38. The molecule has 5 rings (SSSR count). The van der Waals surface area contributed by atoms with Gasteiger partial charge in [-0.25, -0.2) is 0 Å². The minimum absolute atomic E-state index is 0.0480. The minimum atomic E-state index is -0.746. The third-order valence-electron chi connectivity index (χ3n) is 5.85. The number of halogens is 2. The van der Waals surface area contributed by atoms with Crippen molar-refractivity contribution in [3.63, 3.8) is 0 Å². The van der Waals surface area contributed by atoms with Crippen LogP contribution < -0.4 is 10.3 Å².